The Balaban J connectivity index is 1.65. The van der Waals surface area contributed by atoms with Crippen molar-refractivity contribution >= 4 is 17.0 Å². The molecule has 90 valence electrons. The molecule has 0 saturated heterocycles. The Morgan fingerprint density at radius 2 is 1.88 bits per heavy atom. The molecule has 0 bridgehead atoms. The minimum absolute atomic E-state index is 0.734. The highest BCUT2D eigenvalue weighted by Crippen LogP contribution is 2.11. The number of ether oxygens (including phenoxy) is 1. The van der Waals surface area contributed by atoms with E-state index in [0.717, 1.165) is 31.7 Å². The number of thiophene rings is 1. The summed E-state index contributed by atoms with van der Waals surface area (Å²) in [5.74, 6) is 0. The lowest BCUT2D eigenvalue weighted by molar-refractivity contribution is 0.140. The maximum atomic E-state index is 5.86. The first-order valence-electron chi connectivity index (χ1n) is 5.78. The van der Waals surface area contributed by atoms with E-state index in [0.29, 0.717) is 0 Å². The number of anilines is 1. The lowest BCUT2D eigenvalue weighted by atomic mass is 10.1. The van der Waals surface area contributed by atoms with E-state index in [1.165, 1.54) is 11.1 Å². The molecule has 0 amide bonds. The van der Waals surface area contributed by atoms with Crippen molar-refractivity contribution in [3.63, 3.8) is 0 Å². The Kier molecular flexibility index (Phi) is 4.59. The molecule has 0 unspecified atom stereocenters. The molecule has 0 atom stereocenters. The van der Waals surface area contributed by atoms with Crippen molar-refractivity contribution < 1.29 is 4.74 Å². The number of benzene rings is 1. The molecule has 0 aliphatic carbocycles. The fourth-order valence-electron chi connectivity index (χ4n) is 1.67. The van der Waals surface area contributed by atoms with Crippen LogP contribution in [0.4, 0.5) is 5.69 Å². The quantitative estimate of drug-likeness (QED) is 0.628. The molecule has 0 spiro atoms. The van der Waals surface area contributed by atoms with Crippen LogP contribution in [0, 0.1) is 0 Å². The van der Waals surface area contributed by atoms with Crippen LogP contribution in [0.25, 0.3) is 0 Å². The molecule has 3 heteroatoms. The number of rotatable bonds is 6. The van der Waals surface area contributed by atoms with Gasteiger partial charge >= 0.3 is 0 Å². The molecule has 1 aromatic heterocycles. The highest BCUT2D eigenvalue weighted by atomic mass is 32.1. The molecule has 0 aliphatic rings. The summed E-state index contributed by atoms with van der Waals surface area (Å²) in [4.78, 5) is 0. The van der Waals surface area contributed by atoms with Crippen LogP contribution < -0.4 is 5.73 Å². The molecule has 17 heavy (non-hydrogen) atoms. The van der Waals surface area contributed by atoms with Crippen molar-refractivity contribution in [3.05, 3.63) is 52.2 Å². The molecule has 0 saturated carbocycles. The zero-order chi connectivity index (χ0) is 11.9. The summed E-state index contributed by atoms with van der Waals surface area (Å²) in [7, 11) is 0. The van der Waals surface area contributed by atoms with E-state index < -0.39 is 0 Å². The summed E-state index contributed by atoms with van der Waals surface area (Å²) in [6.45, 7) is 1.52. The highest BCUT2D eigenvalue weighted by molar-refractivity contribution is 7.07. The molecule has 1 aromatic carbocycles. The van der Waals surface area contributed by atoms with Gasteiger partial charge in [0.25, 0.3) is 0 Å². The van der Waals surface area contributed by atoms with Gasteiger partial charge in [-0.25, -0.2) is 0 Å². The first-order chi connectivity index (χ1) is 8.36. The van der Waals surface area contributed by atoms with Gasteiger partial charge in [0, 0.05) is 5.69 Å². The van der Waals surface area contributed by atoms with Gasteiger partial charge in [0.05, 0.1) is 13.2 Å². The third-order valence-electron chi connectivity index (χ3n) is 2.69. The van der Waals surface area contributed by atoms with Crippen molar-refractivity contribution in [3.8, 4) is 0 Å². The van der Waals surface area contributed by atoms with E-state index in [9.17, 15) is 0 Å². The van der Waals surface area contributed by atoms with E-state index in [2.05, 4.69) is 22.9 Å². The van der Waals surface area contributed by atoms with Crippen molar-refractivity contribution in [1.29, 1.82) is 0 Å². The van der Waals surface area contributed by atoms with Crippen LogP contribution in [0.1, 0.15) is 11.1 Å². The molecule has 0 fully saturated rings. The van der Waals surface area contributed by atoms with Gasteiger partial charge in [-0.1, -0.05) is 18.2 Å². The van der Waals surface area contributed by atoms with E-state index in [-0.39, 0.29) is 0 Å². The zero-order valence-corrected chi connectivity index (χ0v) is 10.6. The SMILES string of the molecule is Nc1ccccc1CCOCCc1ccsc1. The Bertz CT molecular complexity index is 439. The van der Waals surface area contributed by atoms with Crippen LogP contribution in [0.2, 0.25) is 0 Å². The summed E-state index contributed by atoms with van der Waals surface area (Å²) < 4.78 is 5.61. The second-order valence-corrected chi connectivity index (χ2v) is 4.72. The summed E-state index contributed by atoms with van der Waals surface area (Å²) in [6, 6.07) is 10.1. The van der Waals surface area contributed by atoms with E-state index in [1.54, 1.807) is 11.3 Å². The average Bonchev–Trinajstić information content (AvgIpc) is 2.84. The molecule has 2 aromatic rings. The monoisotopic (exact) mass is 247 g/mol. The van der Waals surface area contributed by atoms with Crippen molar-refractivity contribution in [2.45, 2.75) is 12.8 Å². The molecule has 2 N–H and O–H groups in total. The predicted molar refractivity (Wildman–Crippen MR) is 73.4 cm³/mol. The van der Waals surface area contributed by atoms with Crippen molar-refractivity contribution in [1.82, 2.24) is 0 Å². The lowest BCUT2D eigenvalue weighted by Crippen LogP contribution is -2.04. The van der Waals surface area contributed by atoms with Gasteiger partial charge in [-0.3, -0.25) is 0 Å². The van der Waals surface area contributed by atoms with E-state index in [1.807, 2.05) is 18.2 Å². The number of hydrogen-bond donors (Lipinski definition) is 1. The van der Waals surface area contributed by atoms with Gasteiger partial charge in [0.15, 0.2) is 0 Å². The van der Waals surface area contributed by atoms with Crippen LogP contribution >= 0.6 is 11.3 Å². The number of para-hydroxylation sites is 1. The van der Waals surface area contributed by atoms with Gasteiger partial charge in [-0.15, -0.1) is 0 Å². The van der Waals surface area contributed by atoms with Crippen molar-refractivity contribution in [2.24, 2.45) is 0 Å². The molecule has 0 aliphatic heterocycles. The van der Waals surface area contributed by atoms with E-state index >= 15 is 0 Å². The van der Waals surface area contributed by atoms with Gasteiger partial charge in [-0.2, -0.15) is 11.3 Å². The third kappa shape index (κ3) is 3.88. The van der Waals surface area contributed by atoms with Gasteiger partial charge in [-0.05, 0) is 46.9 Å². The minimum Gasteiger partial charge on any atom is -0.399 e. The Morgan fingerprint density at radius 1 is 1.06 bits per heavy atom. The van der Waals surface area contributed by atoms with Gasteiger partial charge in [0.1, 0.15) is 0 Å². The van der Waals surface area contributed by atoms with E-state index in [4.69, 9.17) is 10.5 Å². The fourth-order valence-corrected chi connectivity index (χ4v) is 2.37. The van der Waals surface area contributed by atoms with Crippen LogP contribution in [0.5, 0.6) is 0 Å². The zero-order valence-electron chi connectivity index (χ0n) is 9.76. The molecule has 2 rings (SSSR count). The Morgan fingerprint density at radius 3 is 2.65 bits per heavy atom. The minimum atomic E-state index is 0.734. The molecular formula is C14H17NOS. The van der Waals surface area contributed by atoms with Crippen LogP contribution in [-0.2, 0) is 17.6 Å². The molecule has 0 radical (unpaired) electrons. The second-order valence-electron chi connectivity index (χ2n) is 3.94. The largest absolute Gasteiger partial charge is 0.399 e. The highest BCUT2D eigenvalue weighted by Gasteiger charge is 1.98. The summed E-state index contributed by atoms with van der Waals surface area (Å²) in [5.41, 5.74) is 9.24. The first-order valence-corrected chi connectivity index (χ1v) is 6.73. The van der Waals surface area contributed by atoms with Crippen LogP contribution in [-0.4, -0.2) is 13.2 Å². The van der Waals surface area contributed by atoms with Crippen LogP contribution in [0.3, 0.4) is 0 Å². The number of nitrogens with two attached hydrogens (primary N) is 1. The predicted octanol–water partition coefficient (Wildman–Crippen LogP) is 3.13. The maximum absolute atomic E-state index is 5.86. The van der Waals surface area contributed by atoms with Gasteiger partial charge in [0.2, 0.25) is 0 Å². The summed E-state index contributed by atoms with van der Waals surface area (Å²) in [5, 5.41) is 4.26. The first kappa shape index (κ1) is 12.1. The smallest absolute Gasteiger partial charge is 0.0507 e. The summed E-state index contributed by atoms with van der Waals surface area (Å²) >= 11 is 1.73. The fraction of sp³-hybridized carbons (Fsp3) is 0.286. The number of nitrogen functional groups attached to an aromatic ring is 1. The lowest BCUT2D eigenvalue weighted by Gasteiger charge is -2.06. The maximum Gasteiger partial charge on any atom is 0.0507 e. The molecule has 2 nitrogen and oxygen atoms in total. The van der Waals surface area contributed by atoms with Crippen LogP contribution in [0.15, 0.2) is 41.1 Å². The van der Waals surface area contributed by atoms with Crippen molar-refractivity contribution in [2.75, 3.05) is 18.9 Å². The normalized spacial score (nSPS) is 10.6. The Hall–Kier alpha value is -1.32. The Labute approximate surface area is 106 Å². The number of hydrogen-bond acceptors (Lipinski definition) is 3. The topological polar surface area (TPSA) is 35.2 Å². The molecule has 1 heterocycles. The standard InChI is InChI=1S/C14H17NOS/c15-14-4-2-1-3-13(14)6-9-16-8-5-12-7-10-17-11-12/h1-4,7,10-11H,5-6,8-9,15H2. The third-order valence-corrected chi connectivity index (χ3v) is 3.42. The second kappa shape index (κ2) is 6.42. The molecular weight excluding hydrogens is 230 g/mol. The van der Waals surface area contributed by atoms with Gasteiger partial charge < -0.3 is 10.5 Å². The summed E-state index contributed by atoms with van der Waals surface area (Å²) in [6.07, 6.45) is 1.88. The average molecular weight is 247 g/mol.